The molecule has 148 valence electrons. The molecule has 2 rings (SSSR count). The molecule has 2 aromatic rings. The van der Waals surface area contributed by atoms with Crippen molar-refractivity contribution in [3.05, 3.63) is 40.3 Å². The second-order valence-electron chi connectivity index (χ2n) is 5.38. The van der Waals surface area contributed by atoms with Gasteiger partial charge in [-0.2, -0.15) is 13.2 Å². The number of benzene rings is 1. The average Bonchev–Trinajstić information content (AvgIpc) is 2.82. The summed E-state index contributed by atoms with van der Waals surface area (Å²) in [5.41, 5.74) is -1.50. The summed E-state index contributed by atoms with van der Waals surface area (Å²) in [4.78, 5) is 15.1. The third kappa shape index (κ3) is 4.35. The van der Waals surface area contributed by atoms with Crippen molar-refractivity contribution in [3.8, 4) is 0 Å². The van der Waals surface area contributed by atoms with Gasteiger partial charge in [0.2, 0.25) is 0 Å². The van der Waals surface area contributed by atoms with Crippen molar-refractivity contribution in [2.75, 3.05) is 11.3 Å². The van der Waals surface area contributed by atoms with E-state index in [9.17, 15) is 26.4 Å². The Morgan fingerprint density at radius 2 is 2.00 bits per heavy atom. The first-order valence-electron chi connectivity index (χ1n) is 7.48. The highest BCUT2D eigenvalue weighted by molar-refractivity contribution is 7.92. The third-order valence-corrected chi connectivity index (χ3v) is 5.39. The predicted octanol–water partition coefficient (Wildman–Crippen LogP) is 3.38. The van der Waals surface area contributed by atoms with Crippen molar-refractivity contribution in [1.29, 1.82) is 0 Å². The third-order valence-electron chi connectivity index (χ3n) is 3.57. The maximum atomic E-state index is 12.9. The fourth-order valence-electron chi connectivity index (χ4n) is 2.14. The largest absolute Gasteiger partial charge is 0.461 e. The maximum absolute atomic E-state index is 12.9. The zero-order valence-electron chi connectivity index (χ0n) is 14.4. The van der Waals surface area contributed by atoms with Crippen LogP contribution in [0.15, 0.2) is 23.1 Å². The van der Waals surface area contributed by atoms with E-state index in [1.807, 2.05) is 0 Å². The van der Waals surface area contributed by atoms with Crippen LogP contribution in [0.5, 0.6) is 0 Å². The highest BCUT2D eigenvalue weighted by Gasteiger charge is 2.33. The first kappa shape index (κ1) is 21.0. The molecule has 0 aliphatic heterocycles. The summed E-state index contributed by atoms with van der Waals surface area (Å²) in [7, 11) is -3.13. The summed E-state index contributed by atoms with van der Waals surface area (Å²) < 4.78 is 72.1. The van der Waals surface area contributed by atoms with Crippen molar-refractivity contribution in [1.82, 2.24) is 9.55 Å². The highest BCUT2D eigenvalue weighted by Crippen LogP contribution is 2.34. The number of hydrogen-bond acceptors (Lipinski definition) is 5. The zero-order chi connectivity index (χ0) is 20.6. The average molecular weight is 426 g/mol. The number of esters is 1. The number of carbonyl (C=O) groups is 1. The number of aromatic nitrogens is 2. The quantitative estimate of drug-likeness (QED) is 0.742. The monoisotopic (exact) mass is 425 g/mol. The predicted molar refractivity (Wildman–Crippen MR) is 91.2 cm³/mol. The van der Waals surface area contributed by atoms with Gasteiger partial charge in [-0.3, -0.25) is 4.72 Å². The Morgan fingerprint density at radius 1 is 1.37 bits per heavy atom. The lowest BCUT2D eigenvalue weighted by Gasteiger charge is -2.13. The molecule has 27 heavy (non-hydrogen) atoms. The first-order chi connectivity index (χ1) is 12.4. The molecule has 0 radical (unpaired) electrons. The number of halogens is 4. The fraction of sp³-hybridized carbons (Fsp3) is 0.333. The molecule has 0 amide bonds. The van der Waals surface area contributed by atoms with Crippen LogP contribution >= 0.6 is 11.6 Å². The molecule has 0 aliphatic rings. The first-order valence-corrected chi connectivity index (χ1v) is 9.34. The molecule has 0 saturated carbocycles. The van der Waals surface area contributed by atoms with Gasteiger partial charge in [0.1, 0.15) is 10.7 Å². The number of nitrogens with one attached hydrogen (secondary N) is 1. The molecule has 0 aliphatic carbocycles. The van der Waals surface area contributed by atoms with Crippen LogP contribution in [0.25, 0.3) is 0 Å². The van der Waals surface area contributed by atoms with Crippen molar-refractivity contribution < 1.29 is 31.1 Å². The van der Waals surface area contributed by atoms with E-state index in [1.54, 1.807) is 6.92 Å². The molecule has 0 bridgehead atoms. The van der Waals surface area contributed by atoms with E-state index in [1.165, 1.54) is 18.5 Å². The Hall–Kier alpha value is -2.27. The minimum absolute atomic E-state index is 0.0279. The van der Waals surface area contributed by atoms with Gasteiger partial charge in [-0.25, -0.2) is 18.2 Å². The summed E-state index contributed by atoms with van der Waals surface area (Å²) in [6, 6.07) is 1.91. The van der Waals surface area contributed by atoms with E-state index in [0.29, 0.717) is 12.1 Å². The number of imidazole rings is 1. The standard InChI is InChI=1S/C15H15ClF3N3O4S/c1-4-26-14(23)12-13(22(3)8(2)20-12)21-27(24,25)11-7-9(15(17,18)19)5-6-10(11)16/h5-7,21H,4H2,1-3H3. The number of nitrogens with zero attached hydrogens (tertiary/aromatic N) is 2. The number of alkyl halides is 3. The number of hydrogen-bond donors (Lipinski definition) is 1. The van der Waals surface area contributed by atoms with E-state index in [-0.39, 0.29) is 23.9 Å². The normalized spacial score (nSPS) is 12.1. The van der Waals surface area contributed by atoms with Crippen LogP contribution in [-0.4, -0.2) is 30.5 Å². The fourth-order valence-corrected chi connectivity index (χ4v) is 3.76. The van der Waals surface area contributed by atoms with Gasteiger partial charge in [0, 0.05) is 7.05 Å². The lowest BCUT2D eigenvalue weighted by atomic mass is 10.2. The van der Waals surface area contributed by atoms with Gasteiger partial charge in [-0.15, -0.1) is 0 Å². The van der Waals surface area contributed by atoms with E-state index in [0.717, 1.165) is 6.07 Å². The van der Waals surface area contributed by atoms with E-state index in [2.05, 4.69) is 9.71 Å². The molecule has 1 heterocycles. The second-order valence-corrected chi connectivity index (χ2v) is 7.44. The van der Waals surface area contributed by atoms with Crippen LogP contribution in [0.4, 0.5) is 19.0 Å². The summed E-state index contributed by atoms with van der Waals surface area (Å²) >= 11 is 5.79. The van der Waals surface area contributed by atoms with Gasteiger partial charge in [-0.1, -0.05) is 11.6 Å². The van der Waals surface area contributed by atoms with Gasteiger partial charge in [0.05, 0.1) is 17.2 Å². The highest BCUT2D eigenvalue weighted by atomic mass is 35.5. The number of ether oxygens (including phenoxy) is 1. The molecule has 0 fully saturated rings. The van der Waals surface area contributed by atoms with Crippen molar-refractivity contribution in [2.45, 2.75) is 24.9 Å². The topological polar surface area (TPSA) is 90.3 Å². The number of anilines is 1. The Labute approximate surface area is 158 Å². The smallest absolute Gasteiger partial charge is 0.416 e. The van der Waals surface area contributed by atoms with Gasteiger partial charge in [-0.05, 0) is 32.0 Å². The van der Waals surface area contributed by atoms with Crippen molar-refractivity contribution in [3.63, 3.8) is 0 Å². The molecule has 0 atom stereocenters. The molecule has 1 aromatic heterocycles. The van der Waals surface area contributed by atoms with Crippen LogP contribution in [-0.2, 0) is 28.0 Å². The lowest BCUT2D eigenvalue weighted by molar-refractivity contribution is -0.137. The molecular weight excluding hydrogens is 411 g/mol. The zero-order valence-corrected chi connectivity index (χ0v) is 16.0. The Bertz CT molecular complexity index is 987. The Kier molecular flexibility index (Phi) is 5.76. The minimum atomic E-state index is -4.76. The second kappa shape index (κ2) is 7.39. The van der Waals surface area contributed by atoms with Crippen LogP contribution < -0.4 is 4.72 Å². The van der Waals surface area contributed by atoms with E-state index in [4.69, 9.17) is 16.3 Å². The number of carbonyl (C=O) groups excluding carboxylic acids is 1. The van der Waals surface area contributed by atoms with Crippen molar-refractivity contribution in [2.24, 2.45) is 7.05 Å². The summed E-state index contributed by atoms with van der Waals surface area (Å²) in [5.74, 6) is -0.848. The SMILES string of the molecule is CCOC(=O)c1nc(C)n(C)c1NS(=O)(=O)c1cc(C(F)(F)F)ccc1Cl. The molecule has 0 saturated heterocycles. The summed E-state index contributed by atoms with van der Waals surface area (Å²) in [6.45, 7) is 3.10. The molecule has 0 unspecified atom stereocenters. The lowest BCUT2D eigenvalue weighted by Crippen LogP contribution is -2.19. The molecule has 1 aromatic carbocycles. The van der Waals surface area contributed by atoms with Gasteiger partial charge in [0.15, 0.2) is 11.5 Å². The van der Waals surface area contributed by atoms with Gasteiger partial charge >= 0.3 is 12.1 Å². The molecule has 1 N–H and O–H groups in total. The van der Waals surface area contributed by atoms with Crippen molar-refractivity contribution >= 4 is 33.4 Å². The number of aryl methyl sites for hydroxylation is 1. The summed E-state index contributed by atoms with van der Waals surface area (Å²) in [6.07, 6.45) is -4.76. The molecule has 12 heteroatoms. The van der Waals surface area contributed by atoms with Crippen LogP contribution in [0.2, 0.25) is 5.02 Å². The van der Waals surface area contributed by atoms with Gasteiger partial charge in [0.25, 0.3) is 10.0 Å². The number of rotatable bonds is 5. The maximum Gasteiger partial charge on any atom is 0.416 e. The van der Waals surface area contributed by atoms with Crippen LogP contribution in [0.1, 0.15) is 28.8 Å². The Morgan fingerprint density at radius 3 is 2.56 bits per heavy atom. The molecule has 0 spiro atoms. The van der Waals surface area contributed by atoms with Crippen LogP contribution in [0, 0.1) is 6.92 Å². The van der Waals surface area contributed by atoms with Crippen LogP contribution in [0.3, 0.4) is 0 Å². The Balaban J connectivity index is 2.54. The molecular formula is C15H15ClF3N3O4S. The summed E-state index contributed by atoms with van der Waals surface area (Å²) in [5, 5.41) is -0.410. The molecule has 7 nitrogen and oxygen atoms in total. The number of sulfonamides is 1. The van der Waals surface area contributed by atoms with E-state index < -0.39 is 37.7 Å². The minimum Gasteiger partial charge on any atom is -0.461 e. The van der Waals surface area contributed by atoms with E-state index >= 15 is 0 Å². The van der Waals surface area contributed by atoms with Gasteiger partial charge < -0.3 is 9.30 Å².